The molecule has 0 unspecified atom stereocenters. The highest BCUT2D eigenvalue weighted by Gasteiger charge is 2.22. The number of rotatable bonds is 7. The Hall–Kier alpha value is -2.71. The van der Waals surface area contributed by atoms with Crippen LogP contribution in [0, 0.1) is 5.82 Å². The Bertz CT molecular complexity index is 956. The van der Waals surface area contributed by atoms with Gasteiger partial charge in [0.15, 0.2) is 0 Å². The van der Waals surface area contributed by atoms with Gasteiger partial charge in [-0.05, 0) is 29.8 Å². The van der Waals surface area contributed by atoms with Gasteiger partial charge in [0, 0.05) is 32.3 Å². The number of amides is 1. The summed E-state index contributed by atoms with van der Waals surface area (Å²) in [6.07, 6.45) is 2.74. The van der Waals surface area contributed by atoms with Crippen molar-refractivity contribution in [3.05, 3.63) is 65.5 Å². The lowest BCUT2D eigenvalue weighted by atomic mass is 10.2. The summed E-state index contributed by atoms with van der Waals surface area (Å²) in [5.74, 6) is -0.605. The zero-order valence-corrected chi connectivity index (χ0v) is 16.1. The van der Waals surface area contributed by atoms with Gasteiger partial charge in [-0.3, -0.25) is 4.79 Å². The van der Waals surface area contributed by atoms with E-state index in [0.717, 1.165) is 4.31 Å². The first kappa shape index (κ1) is 20.6. The highest BCUT2D eigenvalue weighted by Crippen LogP contribution is 2.27. The van der Waals surface area contributed by atoms with Gasteiger partial charge in [-0.2, -0.15) is 0 Å². The molecule has 0 aliphatic carbocycles. The van der Waals surface area contributed by atoms with E-state index in [0.29, 0.717) is 11.1 Å². The summed E-state index contributed by atoms with van der Waals surface area (Å²) >= 11 is 0. The SMILES string of the molecule is COc1ccc(/C=C/C(=O)NCc2ccccc2F)cc1S(=O)(=O)N(C)C. The molecular formula is C19H21FN2O4S. The Morgan fingerprint density at radius 3 is 2.56 bits per heavy atom. The van der Waals surface area contributed by atoms with Gasteiger partial charge in [0.1, 0.15) is 16.5 Å². The molecule has 0 aromatic heterocycles. The molecule has 2 aromatic carbocycles. The van der Waals surface area contributed by atoms with E-state index in [1.807, 2.05) is 0 Å². The topological polar surface area (TPSA) is 75.7 Å². The van der Waals surface area contributed by atoms with Crippen LogP contribution in [0.15, 0.2) is 53.4 Å². The molecule has 0 heterocycles. The average Bonchev–Trinajstić information content (AvgIpc) is 2.65. The zero-order chi connectivity index (χ0) is 20.0. The quantitative estimate of drug-likeness (QED) is 0.735. The molecule has 0 saturated heterocycles. The van der Waals surface area contributed by atoms with Crippen LogP contribution in [-0.2, 0) is 21.4 Å². The number of carbonyl (C=O) groups is 1. The summed E-state index contributed by atoms with van der Waals surface area (Å²) in [6, 6.07) is 10.7. The summed E-state index contributed by atoms with van der Waals surface area (Å²) in [4.78, 5) is 11.9. The molecule has 144 valence electrons. The van der Waals surface area contributed by atoms with E-state index in [2.05, 4.69) is 5.32 Å². The minimum atomic E-state index is -3.70. The maximum Gasteiger partial charge on any atom is 0.246 e. The van der Waals surface area contributed by atoms with Crippen LogP contribution < -0.4 is 10.1 Å². The number of methoxy groups -OCH3 is 1. The van der Waals surface area contributed by atoms with Crippen LogP contribution in [0.5, 0.6) is 5.75 Å². The fourth-order valence-electron chi connectivity index (χ4n) is 2.25. The predicted octanol–water partition coefficient (Wildman–Crippen LogP) is 2.41. The minimum Gasteiger partial charge on any atom is -0.495 e. The lowest BCUT2D eigenvalue weighted by molar-refractivity contribution is -0.116. The lowest BCUT2D eigenvalue weighted by Gasteiger charge is -2.15. The maximum absolute atomic E-state index is 13.5. The molecule has 0 fully saturated rings. The summed E-state index contributed by atoms with van der Waals surface area (Å²) in [5, 5.41) is 2.58. The number of nitrogens with zero attached hydrogens (tertiary/aromatic N) is 1. The van der Waals surface area contributed by atoms with Gasteiger partial charge in [0.2, 0.25) is 15.9 Å². The largest absolute Gasteiger partial charge is 0.495 e. The lowest BCUT2D eigenvalue weighted by Crippen LogP contribution is -2.23. The first-order valence-corrected chi connectivity index (χ1v) is 9.49. The summed E-state index contributed by atoms with van der Waals surface area (Å²) < 4.78 is 44.5. The van der Waals surface area contributed by atoms with Gasteiger partial charge in [0.05, 0.1) is 7.11 Å². The minimum absolute atomic E-state index is 0.00362. The summed E-state index contributed by atoms with van der Waals surface area (Å²) in [7, 11) is 0.533. The van der Waals surface area contributed by atoms with Gasteiger partial charge in [-0.25, -0.2) is 17.1 Å². The number of sulfonamides is 1. The molecule has 0 bridgehead atoms. The third-order valence-corrected chi connectivity index (χ3v) is 5.62. The molecule has 6 nitrogen and oxygen atoms in total. The molecule has 2 aromatic rings. The molecule has 1 amide bonds. The Kier molecular flexibility index (Phi) is 6.70. The van der Waals surface area contributed by atoms with E-state index in [9.17, 15) is 17.6 Å². The van der Waals surface area contributed by atoms with Gasteiger partial charge in [0.25, 0.3) is 0 Å². The number of benzene rings is 2. The number of hydrogen-bond acceptors (Lipinski definition) is 4. The normalized spacial score (nSPS) is 11.7. The van der Waals surface area contributed by atoms with Crippen molar-refractivity contribution < 1.29 is 22.3 Å². The van der Waals surface area contributed by atoms with Crippen molar-refractivity contribution in [3.8, 4) is 5.75 Å². The van der Waals surface area contributed by atoms with Crippen molar-refractivity contribution in [2.24, 2.45) is 0 Å². The Balaban J connectivity index is 2.14. The first-order valence-electron chi connectivity index (χ1n) is 8.05. The molecule has 0 saturated carbocycles. The molecule has 1 N–H and O–H groups in total. The molecule has 0 atom stereocenters. The van der Waals surface area contributed by atoms with E-state index in [1.165, 1.54) is 51.6 Å². The molecule has 0 aliphatic heterocycles. The highest BCUT2D eigenvalue weighted by atomic mass is 32.2. The van der Waals surface area contributed by atoms with E-state index in [1.54, 1.807) is 24.3 Å². The van der Waals surface area contributed by atoms with Crippen molar-refractivity contribution in [3.63, 3.8) is 0 Å². The van der Waals surface area contributed by atoms with E-state index < -0.39 is 21.7 Å². The van der Waals surface area contributed by atoms with Crippen molar-refractivity contribution in [1.29, 1.82) is 0 Å². The Morgan fingerprint density at radius 2 is 1.93 bits per heavy atom. The predicted molar refractivity (Wildman–Crippen MR) is 101 cm³/mol. The highest BCUT2D eigenvalue weighted by molar-refractivity contribution is 7.89. The number of ether oxygens (including phenoxy) is 1. The third kappa shape index (κ3) is 5.15. The second kappa shape index (κ2) is 8.79. The maximum atomic E-state index is 13.5. The third-order valence-electron chi connectivity index (χ3n) is 3.78. The second-order valence-corrected chi connectivity index (χ2v) is 7.96. The van der Waals surface area contributed by atoms with Crippen LogP contribution in [0.2, 0.25) is 0 Å². The van der Waals surface area contributed by atoms with Crippen LogP contribution in [0.4, 0.5) is 4.39 Å². The van der Waals surface area contributed by atoms with Gasteiger partial charge < -0.3 is 10.1 Å². The van der Waals surface area contributed by atoms with Crippen LogP contribution in [0.25, 0.3) is 6.08 Å². The number of halogens is 1. The number of nitrogens with one attached hydrogen (secondary N) is 1. The smallest absolute Gasteiger partial charge is 0.246 e. The van der Waals surface area contributed by atoms with Gasteiger partial charge >= 0.3 is 0 Å². The van der Waals surface area contributed by atoms with Crippen molar-refractivity contribution >= 4 is 22.0 Å². The molecule has 0 aliphatic rings. The number of carbonyl (C=O) groups excluding carboxylic acids is 1. The van der Waals surface area contributed by atoms with Gasteiger partial charge in [-0.15, -0.1) is 0 Å². The van der Waals surface area contributed by atoms with Crippen LogP contribution in [-0.4, -0.2) is 39.8 Å². The van der Waals surface area contributed by atoms with Gasteiger partial charge in [-0.1, -0.05) is 24.3 Å². The van der Waals surface area contributed by atoms with Crippen molar-refractivity contribution in [2.45, 2.75) is 11.4 Å². The Morgan fingerprint density at radius 1 is 1.22 bits per heavy atom. The van der Waals surface area contributed by atoms with E-state index in [4.69, 9.17) is 4.74 Å². The monoisotopic (exact) mass is 392 g/mol. The standard InChI is InChI=1S/C19H21FN2O4S/c1-22(2)27(24,25)18-12-14(8-10-17(18)26-3)9-11-19(23)21-13-15-6-4-5-7-16(15)20/h4-12H,13H2,1-3H3,(H,21,23)/b11-9+. The molecule has 8 heteroatoms. The molecular weight excluding hydrogens is 371 g/mol. The zero-order valence-electron chi connectivity index (χ0n) is 15.3. The molecule has 2 rings (SSSR count). The summed E-state index contributed by atoms with van der Waals surface area (Å²) in [5.41, 5.74) is 0.889. The number of hydrogen-bond donors (Lipinski definition) is 1. The Labute approximate surface area is 158 Å². The fourth-order valence-corrected chi connectivity index (χ4v) is 3.33. The fraction of sp³-hybridized carbons (Fsp3) is 0.211. The second-order valence-electron chi connectivity index (χ2n) is 5.84. The van der Waals surface area contributed by atoms with Crippen LogP contribution >= 0.6 is 0 Å². The molecule has 0 radical (unpaired) electrons. The molecule has 0 spiro atoms. The van der Waals surface area contributed by atoms with Crippen LogP contribution in [0.1, 0.15) is 11.1 Å². The first-order chi connectivity index (χ1) is 12.8. The van der Waals surface area contributed by atoms with Crippen LogP contribution in [0.3, 0.4) is 0 Å². The summed E-state index contributed by atoms with van der Waals surface area (Å²) in [6.45, 7) is 0.0543. The molecule has 27 heavy (non-hydrogen) atoms. The average molecular weight is 392 g/mol. The van der Waals surface area contributed by atoms with E-state index >= 15 is 0 Å². The van der Waals surface area contributed by atoms with Crippen molar-refractivity contribution in [2.75, 3.05) is 21.2 Å². The van der Waals surface area contributed by atoms with Crippen molar-refractivity contribution in [1.82, 2.24) is 9.62 Å². The van der Waals surface area contributed by atoms with E-state index in [-0.39, 0.29) is 17.2 Å².